The van der Waals surface area contributed by atoms with Gasteiger partial charge in [0.05, 0.1) is 11.1 Å². The Kier molecular flexibility index (Phi) is 4.14. The van der Waals surface area contributed by atoms with Crippen LogP contribution >= 0.6 is 0 Å². The Morgan fingerprint density at radius 3 is 2.65 bits per heavy atom. The molecule has 23 heavy (non-hydrogen) atoms. The average Bonchev–Trinajstić information content (AvgIpc) is 3.03. The van der Waals surface area contributed by atoms with Gasteiger partial charge in [-0.15, -0.1) is 0 Å². The first-order valence-electron chi connectivity index (χ1n) is 7.69. The molecule has 2 N–H and O–H groups in total. The van der Waals surface area contributed by atoms with E-state index in [0.717, 1.165) is 17.7 Å². The van der Waals surface area contributed by atoms with Crippen LogP contribution in [-0.4, -0.2) is 26.8 Å². The van der Waals surface area contributed by atoms with E-state index in [0.29, 0.717) is 19.4 Å². The van der Waals surface area contributed by atoms with Gasteiger partial charge in [0.1, 0.15) is 0 Å². The third-order valence-electron chi connectivity index (χ3n) is 4.48. The van der Waals surface area contributed by atoms with Crippen molar-refractivity contribution in [2.24, 2.45) is 5.41 Å². The van der Waals surface area contributed by atoms with Gasteiger partial charge in [-0.1, -0.05) is 24.6 Å². The molecule has 120 valence electrons. The second kappa shape index (κ2) is 6.24. The Balaban J connectivity index is 1.65. The summed E-state index contributed by atoms with van der Waals surface area (Å²) in [5.41, 5.74) is 0.975. The maximum absolute atomic E-state index is 12.1. The van der Waals surface area contributed by atoms with E-state index in [1.54, 1.807) is 10.9 Å². The fourth-order valence-corrected chi connectivity index (χ4v) is 2.93. The molecule has 1 saturated carbocycles. The highest BCUT2D eigenvalue weighted by Crippen LogP contribution is 2.44. The van der Waals surface area contributed by atoms with E-state index in [-0.39, 0.29) is 12.3 Å². The average molecular weight is 313 g/mol. The van der Waals surface area contributed by atoms with Gasteiger partial charge in [-0.2, -0.15) is 5.10 Å². The molecule has 1 aliphatic carbocycles. The second-order valence-electron chi connectivity index (χ2n) is 5.97. The minimum atomic E-state index is -0.865. The van der Waals surface area contributed by atoms with Gasteiger partial charge in [0.2, 0.25) is 5.91 Å². The summed E-state index contributed by atoms with van der Waals surface area (Å²) in [5, 5.41) is 16.3. The van der Waals surface area contributed by atoms with E-state index in [9.17, 15) is 14.7 Å². The van der Waals surface area contributed by atoms with Gasteiger partial charge in [0, 0.05) is 25.4 Å². The Morgan fingerprint density at radius 1 is 1.26 bits per heavy atom. The molecule has 1 heterocycles. The molecule has 0 spiro atoms. The van der Waals surface area contributed by atoms with Crippen LogP contribution in [0.15, 0.2) is 42.7 Å². The molecule has 1 amide bonds. The minimum Gasteiger partial charge on any atom is -0.481 e. The summed E-state index contributed by atoms with van der Waals surface area (Å²) in [5.74, 6) is -1.08. The summed E-state index contributed by atoms with van der Waals surface area (Å²) < 4.78 is 1.74. The van der Waals surface area contributed by atoms with Crippen molar-refractivity contribution >= 4 is 11.9 Å². The first kappa shape index (κ1) is 15.3. The van der Waals surface area contributed by atoms with Crippen LogP contribution in [0.4, 0.5) is 0 Å². The number of carbonyl (C=O) groups excluding carboxylic acids is 1. The molecule has 6 heteroatoms. The molecule has 2 aromatic rings. The molecule has 1 aliphatic rings. The zero-order valence-electron chi connectivity index (χ0n) is 12.7. The van der Waals surface area contributed by atoms with Crippen molar-refractivity contribution < 1.29 is 14.7 Å². The number of carboxylic acids is 1. The van der Waals surface area contributed by atoms with E-state index in [1.165, 1.54) is 0 Å². The zero-order valence-corrected chi connectivity index (χ0v) is 12.7. The fraction of sp³-hybridized carbons (Fsp3) is 0.353. The van der Waals surface area contributed by atoms with Crippen molar-refractivity contribution in [2.45, 2.75) is 32.2 Å². The van der Waals surface area contributed by atoms with Gasteiger partial charge >= 0.3 is 5.97 Å². The summed E-state index contributed by atoms with van der Waals surface area (Å²) in [7, 11) is 0. The molecule has 0 aliphatic heterocycles. The van der Waals surface area contributed by atoms with Gasteiger partial charge in [-0.3, -0.25) is 9.59 Å². The summed E-state index contributed by atoms with van der Waals surface area (Å²) in [6.07, 6.45) is 5.63. The number of amides is 1. The van der Waals surface area contributed by atoms with Gasteiger partial charge in [0.25, 0.3) is 0 Å². The number of aliphatic carboxylic acids is 1. The van der Waals surface area contributed by atoms with Crippen molar-refractivity contribution in [1.82, 2.24) is 15.1 Å². The first-order valence-corrected chi connectivity index (χ1v) is 7.69. The van der Waals surface area contributed by atoms with Gasteiger partial charge < -0.3 is 10.4 Å². The third kappa shape index (κ3) is 3.11. The maximum atomic E-state index is 12.1. The number of nitrogens with zero attached hydrogens (tertiary/aromatic N) is 2. The van der Waals surface area contributed by atoms with E-state index >= 15 is 0 Å². The zero-order chi connectivity index (χ0) is 16.3. The quantitative estimate of drug-likeness (QED) is 0.855. The Hall–Kier alpha value is -2.63. The Morgan fingerprint density at radius 2 is 2.04 bits per heavy atom. The molecule has 0 bridgehead atoms. The maximum Gasteiger partial charge on any atom is 0.310 e. The lowest BCUT2D eigenvalue weighted by molar-refractivity contribution is -0.157. The summed E-state index contributed by atoms with van der Waals surface area (Å²) >= 11 is 0. The molecule has 0 atom stereocenters. The lowest BCUT2D eigenvalue weighted by Gasteiger charge is -2.36. The van der Waals surface area contributed by atoms with Crippen LogP contribution in [0, 0.1) is 5.41 Å². The van der Waals surface area contributed by atoms with Crippen LogP contribution in [0.25, 0.3) is 5.69 Å². The molecule has 0 radical (unpaired) electrons. The van der Waals surface area contributed by atoms with E-state index in [1.807, 2.05) is 36.5 Å². The fourth-order valence-electron chi connectivity index (χ4n) is 2.93. The molecule has 3 rings (SSSR count). The van der Waals surface area contributed by atoms with E-state index in [2.05, 4.69) is 10.4 Å². The number of para-hydroxylation sites is 1. The van der Waals surface area contributed by atoms with Crippen LogP contribution in [0.3, 0.4) is 0 Å². The van der Waals surface area contributed by atoms with Gasteiger partial charge in [-0.25, -0.2) is 4.68 Å². The topological polar surface area (TPSA) is 84.2 Å². The highest BCUT2D eigenvalue weighted by molar-refractivity contribution is 5.85. The molecule has 0 saturated heterocycles. The van der Waals surface area contributed by atoms with E-state index in [4.69, 9.17) is 0 Å². The van der Waals surface area contributed by atoms with Crippen molar-refractivity contribution in [3.63, 3.8) is 0 Å². The number of carbonyl (C=O) groups is 2. The number of benzene rings is 1. The van der Waals surface area contributed by atoms with Crippen molar-refractivity contribution in [3.8, 4) is 5.69 Å². The lowest BCUT2D eigenvalue weighted by atomic mass is 9.66. The number of aromatic nitrogens is 2. The van der Waals surface area contributed by atoms with Crippen LogP contribution in [-0.2, 0) is 16.1 Å². The summed E-state index contributed by atoms with van der Waals surface area (Å²) in [4.78, 5) is 23.5. The van der Waals surface area contributed by atoms with Crippen LogP contribution in [0.5, 0.6) is 0 Å². The third-order valence-corrected chi connectivity index (χ3v) is 4.48. The highest BCUT2D eigenvalue weighted by Gasteiger charge is 2.45. The van der Waals surface area contributed by atoms with E-state index < -0.39 is 11.4 Å². The standard InChI is InChI=1S/C17H19N3O3/c21-15(11-17(16(22)23)7-3-8-17)18-12-13-5-1-2-6-14(13)20-10-4-9-19-20/h1-2,4-6,9-10H,3,7-8,11-12H2,(H,18,21)(H,22,23). The normalized spacial score (nSPS) is 15.7. The largest absolute Gasteiger partial charge is 0.481 e. The molecule has 1 aromatic heterocycles. The second-order valence-corrected chi connectivity index (χ2v) is 5.97. The predicted octanol–water partition coefficient (Wildman–Crippen LogP) is 2.13. The number of nitrogens with one attached hydrogen (secondary N) is 1. The Labute approximate surface area is 134 Å². The first-order chi connectivity index (χ1) is 11.1. The number of rotatable bonds is 6. The molecular weight excluding hydrogens is 294 g/mol. The molecular formula is C17H19N3O3. The van der Waals surface area contributed by atoms with Gasteiger partial charge in [-0.05, 0) is 30.5 Å². The number of hydrogen-bond donors (Lipinski definition) is 2. The van der Waals surface area contributed by atoms with Gasteiger partial charge in [0.15, 0.2) is 0 Å². The molecule has 0 unspecified atom stereocenters. The monoisotopic (exact) mass is 313 g/mol. The number of hydrogen-bond acceptors (Lipinski definition) is 3. The number of carboxylic acid groups (broad SMARTS) is 1. The smallest absolute Gasteiger partial charge is 0.310 e. The SMILES string of the molecule is O=C(CC1(C(=O)O)CCC1)NCc1ccccc1-n1cccn1. The van der Waals surface area contributed by atoms with Crippen molar-refractivity contribution in [2.75, 3.05) is 0 Å². The van der Waals surface area contributed by atoms with Crippen molar-refractivity contribution in [3.05, 3.63) is 48.3 Å². The molecule has 1 fully saturated rings. The van der Waals surface area contributed by atoms with Crippen LogP contribution in [0.1, 0.15) is 31.2 Å². The Bertz CT molecular complexity index is 706. The minimum absolute atomic E-state index is 0.0479. The lowest BCUT2D eigenvalue weighted by Crippen LogP contribution is -2.42. The van der Waals surface area contributed by atoms with Crippen LogP contribution in [0.2, 0.25) is 0 Å². The van der Waals surface area contributed by atoms with Crippen LogP contribution < -0.4 is 5.32 Å². The summed E-state index contributed by atoms with van der Waals surface area (Å²) in [6, 6.07) is 9.50. The molecule has 1 aromatic carbocycles. The van der Waals surface area contributed by atoms with Crippen molar-refractivity contribution in [1.29, 1.82) is 0 Å². The predicted molar refractivity (Wildman–Crippen MR) is 83.9 cm³/mol. The molecule has 6 nitrogen and oxygen atoms in total. The summed E-state index contributed by atoms with van der Waals surface area (Å²) in [6.45, 7) is 0.352. The highest BCUT2D eigenvalue weighted by atomic mass is 16.4.